The number of rotatable bonds is 8. The summed E-state index contributed by atoms with van der Waals surface area (Å²) in [5.74, 6) is 2.45. The number of anilines is 1. The first-order valence-electron chi connectivity index (χ1n) is 7.55. The van der Waals surface area contributed by atoms with E-state index in [0.29, 0.717) is 13.2 Å². The Balaban J connectivity index is 2.08. The molecule has 2 aromatic carbocycles. The molecule has 2 rings (SSSR count). The Morgan fingerprint density at radius 1 is 1.04 bits per heavy atom. The fraction of sp³-hybridized carbons (Fsp3) is 0.333. The van der Waals surface area contributed by atoms with Gasteiger partial charge in [0.1, 0.15) is 5.75 Å². The van der Waals surface area contributed by atoms with Gasteiger partial charge >= 0.3 is 0 Å². The molecule has 23 heavy (non-hydrogen) atoms. The molecule has 0 saturated carbocycles. The van der Waals surface area contributed by atoms with Crippen LogP contribution in [-0.2, 0) is 6.54 Å². The van der Waals surface area contributed by atoms with Gasteiger partial charge in [-0.3, -0.25) is 0 Å². The average Bonchev–Trinajstić information content (AvgIpc) is 2.59. The van der Waals surface area contributed by atoms with Crippen molar-refractivity contribution >= 4 is 28.3 Å². The number of hydrogen-bond donors (Lipinski definition) is 1. The van der Waals surface area contributed by atoms with Crippen LogP contribution in [-0.4, -0.2) is 20.8 Å². The van der Waals surface area contributed by atoms with E-state index in [-0.39, 0.29) is 0 Å². The zero-order valence-corrected chi connectivity index (χ0v) is 15.8. The van der Waals surface area contributed by atoms with Crippen molar-refractivity contribution in [2.45, 2.75) is 19.9 Å². The van der Waals surface area contributed by atoms with Gasteiger partial charge in [-0.05, 0) is 71.0 Å². The van der Waals surface area contributed by atoms with Crippen LogP contribution in [0.3, 0.4) is 0 Å². The predicted molar refractivity (Wildman–Crippen MR) is 102 cm³/mol. The van der Waals surface area contributed by atoms with E-state index in [2.05, 4.69) is 40.9 Å². The minimum Gasteiger partial charge on any atom is -0.497 e. The second kappa shape index (κ2) is 8.86. The standard InChI is InChI=1S/C18H22INO3/c1-4-9-23-18-16(19)10-13(11-17(18)22-3)12-20-14-5-7-15(21-2)8-6-14/h5-8,10-11,20H,4,9,12H2,1-3H3. The minimum absolute atomic E-state index is 0.690. The second-order valence-corrected chi connectivity index (χ2v) is 6.20. The lowest BCUT2D eigenvalue weighted by Gasteiger charge is -2.15. The van der Waals surface area contributed by atoms with Crippen molar-refractivity contribution in [3.05, 3.63) is 45.5 Å². The molecule has 0 radical (unpaired) electrons. The predicted octanol–water partition coefficient (Wildman–Crippen LogP) is 4.71. The first kappa shape index (κ1) is 17.7. The third-order valence-electron chi connectivity index (χ3n) is 3.33. The van der Waals surface area contributed by atoms with E-state index < -0.39 is 0 Å². The molecule has 0 aliphatic rings. The van der Waals surface area contributed by atoms with Gasteiger partial charge in [0, 0.05) is 12.2 Å². The fourth-order valence-corrected chi connectivity index (χ4v) is 2.95. The lowest BCUT2D eigenvalue weighted by atomic mass is 10.2. The van der Waals surface area contributed by atoms with Gasteiger partial charge in [0.05, 0.1) is 24.4 Å². The Kier molecular flexibility index (Phi) is 6.83. The van der Waals surface area contributed by atoms with E-state index in [0.717, 1.165) is 38.5 Å². The summed E-state index contributed by atoms with van der Waals surface area (Å²) in [6, 6.07) is 12.0. The van der Waals surface area contributed by atoms with Crippen LogP contribution < -0.4 is 19.5 Å². The maximum Gasteiger partial charge on any atom is 0.174 e. The molecule has 0 atom stereocenters. The second-order valence-electron chi connectivity index (χ2n) is 5.04. The van der Waals surface area contributed by atoms with Crippen LogP contribution >= 0.6 is 22.6 Å². The Morgan fingerprint density at radius 3 is 2.39 bits per heavy atom. The molecule has 2 aromatic rings. The van der Waals surface area contributed by atoms with Gasteiger partial charge in [0.2, 0.25) is 0 Å². The van der Waals surface area contributed by atoms with Crippen LogP contribution in [0.4, 0.5) is 5.69 Å². The quantitative estimate of drug-likeness (QED) is 0.620. The highest BCUT2D eigenvalue weighted by molar-refractivity contribution is 14.1. The maximum absolute atomic E-state index is 5.78. The largest absolute Gasteiger partial charge is 0.497 e. The average molecular weight is 427 g/mol. The van der Waals surface area contributed by atoms with Crippen molar-refractivity contribution in [1.82, 2.24) is 0 Å². The van der Waals surface area contributed by atoms with E-state index in [1.54, 1.807) is 14.2 Å². The molecule has 0 bridgehead atoms. The van der Waals surface area contributed by atoms with E-state index in [9.17, 15) is 0 Å². The molecule has 0 amide bonds. The number of hydrogen-bond acceptors (Lipinski definition) is 4. The summed E-state index contributed by atoms with van der Waals surface area (Å²) in [6.45, 7) is 3.50. The summed E-state index contributed by atoms with van der Waals surface area (Å²) in [5.41, 5.74) is 2.19. The summed E-state index contributed by atoms with van der Waals surface area (Å²) in [7, 11) is 3.34. The summed E-state index contributed by atoms with van der Waals surface area (Å²) in [5, 5.41) is 3.40. The van der Waals surface area contributed by atoms with Crippen LogP contribution in [0.1, 0.15) is 18.9 Å². The normalized spacial score (nSPS) is 10.3. The van der Waals surface area contributed by atoms with Gasteiger partial charge in [0.15, 0.2) is 11.5 Å². The van der Waals surface area contributed by atoms with Crippen LogP contribution in [0.15, 0.2) is 36.4 Å². The number of ether oxygens (including phenoxy) is 3. The molecule has 1 N–H and O–H groups in total. The lowest BCUT2D eigenvalue weighted by molar-refractivity contribution is 0.292. The first-order valence-corrected chi connectivity index (χ1v) is 8.63. The van der Waals surface area contributed by atoms with E-state index in [1.807, 2.05) is 30.3 Å². The summed E-state index contributed by atoms with van der Waals surface area (Å²) in [6.07, 6.45) is 0.972. The van der Waals surface area contributed by atoms with Crippen molar-refractivity contribution in [1.29, 1.82) is 0 Å². The van der Waals surface area contributed by atoms with Gasteiger partial charge in [-0.1, -0.05) is 6.92 Å². The van der Waals surface area contributed by atoms with Crippen molar-refractivity contribution in [2.75, 3.05) is 26.1 Å². The van der Waals surface area contributed by atoms with E-state index in [1.165, 1.54) is 0 Å². The topological polar surface area (TPSA) is 39.7 Å². The van der Waals surface area contributed by atoms with Crippen molar-refractivity contribution < 1.29 is 14.2 Å². The number of benzene rings is 2. The third-order valence-corrected chi connectivity index (χ3v) is 4.13. The zero-order valence-electron chi connectivity index (χ0n) is 13.7. The van der Waals surface area contributed by atoms with Crippen molar-refractivity contribution in [2.24, 2.45) is 0 Å². The lowest BCUT2D eigenvalue weighted by Crippen LogP contribution is -2.04. The van der Waals surface area contributed by atoms with Crippen LogP contribution in [0.2, 0.25) is 0 Å². The first-order chi connectivity index (χ1) is 11.2. The van der Waals surface area contributed by atoms with Gasteiger partial charge < -0.3 is 19.5 Å². The minimum atomic E-state index is 0.690. The van der Waals surface area contributed by atoms with Crippen LogP contribution in [0.5, 0.6) is 17.2 Å². The SMILES string of the molecule is CCCOc1c(I)cc(CNc2ccc(OC)cc2)cc1OC. The smallest absolute Gasteiger partial charge is 0.174 e. The molecule has 124 valence electrons. The Bertz CT molecular complexity index is 629. The van der Waals surface area contributed by atoms with Gasteiger partial charge in [-0.15, -0.1) is 0 Å². The molecule has 0 unspecified atom stereocenters. The van der Waals surface area contributed by atoms with Gasteiger partial charge in [0.25, 0.3) is 0 Å². The summed E-state index contributed by atoms with van der Waals surface area (Å²) in [4.78, 5) is 0. The molecule has 0 aliphatic heterocycles. The maximum atomic E-state index is 5.78. The van der Waals surface area contributed by atoms with Crippen molar-refractivity contribution in [3.8, 4) is 17.2 Å². The van der Waals surface area contributed by atoms with Crippen LogP contribution in [0.25, 0.3) is 0 Å². The highest BCUT2D eigenvalue weighted by Crippen LogP contribution is 2.34. The molecule has 0 fully saturated rings. The molecule has 0 aliphatic carbocycles. The molecular weight excluding hydrogens is 405 g/mol. The molecule has 0 heterocycles. The third kappa shape index (κ3) is 4.92. The molecule has 0 saturated heterocycles. The summed E-state index contributed by atoms with van der Waals surface area (Å²) >= 11 is 2.29. The highest BCUT2D eigenvalue weighted by atomic mass is 127. The zero-order chi connectivity index (χ0) is 16.7. The monoisotopic (exact) mass is 427 g/mol. The van der Waals surface area contributed by atoms with E-state index >= 15 is 0 Å². The van der Waals surface area contributed by atoms with Crippen molar-refractivity contribution in [3.63, 3.8) is 0 Å². The Hall–Kier alpha value is -1.63. The molecular formula is C18H22INO3. The Morgan fingerprint density at radius 2 is 1.78 bits per heavy atom. The summed E-state index contributed by atoms with van der Waals surface area (Å²) < 4.78 is 17.5. The molecule has 0 spiro atoms. The number of methoxy groups -OCH3 is 2. The van der Waals surface area contributed by atoms with E-state index in [4.69, 9.17) is 14.2 Å². The van der Waals surface area contributed by atoms with Gasteiger partial charge in [-0.2, -0.15) is 0 Å². The number of halogens is 1. The molecule has 0 aromatic heterocycles. The number of nitrogens with one attached hydrogen (secondary N) is 1. The molecule has 4 nitrogen and oxygen atoms in total. The molecule has 5 heteroatoms. The fourth-order valence-electron chi connectivity index (χ4n) is 2.13. The van der Waals surface area contributed by atoms with Crippen LogP contribution in [0, 0.1) is 3.57 Å². The Labute approximate surface area is 151 Å². The highest BCUT2D eigenvalue weighted by Gasteiger charge is 2.11. The van der Waals surface area contributed by atoms with Gasteiger partial charge in [-0.25, -0.2) is 0 Å².